The van der Waals surface area contributed by atoms with Gasteiger partial charge in [0.25, 0.3) is 0 Å². The molecule has 8 heteroatoms. The van der Waals surface area contributed by atoms with Crippen LogP contribution in [0.2, 0.25) is 0 Å². The van der Waals surface area contributed by atoms with Crippen LogP contribution >= 0.6 is 0 Å². The summed E-state index contributed by atoms with van der Waals surface area (Å²) >= 11 is 0. The Kier molecular flexibility index (Phi) is 6.33. The summed E-state index contributed by atoms with van der Waals surface area (Å²) in [5, 5.41) is 3.07. The van der Waals surface area contributed by atoms with E-state index in [1.165, 1.54) is 4.31 Å². The Morgan fingerprint density at radius 2 is 1.82 bits per heavy atom. The van der Waals surface area contributed by atoms with Crippen molar-refractivity contribution < 1.29 is 22.7 Å². The monoisotopic (exact) mass is 404 g/mol. The van der Waals surface area contributed by atoms with Crippen LogP contribution in [0.4, 0.5) is 5.69 Å². The first-order valence-electron chi connectivity index (χ1n) is 9.01. The molecular formula is C20H24N2O5S. The third kappa shape index (κ3) is 4.52. The van der Waals surface area contributed by atoms with E-state index < -0.39 is 10.0 Å². The van der Waals surface area contributed by atoms with E-state index in [9.17, 15) is 13.2 Å². The zero-order valence-corrected chi connectivity index (χ0v) is 16.8. The van der Waals surface area contributed by atoms with Gasteiger partial charge in [0.05, 0.1) is 31.8 Å². The van der Waals surface area contributed by atoms with Gasteiger partial charge in [-0.1, -0.05) is 6.07 Å². The van der Waals surface area contributed by atoms with Crippen molar-refractivity contribution in [3.8, 4) is 5.75 Å². The predicted molar refractivity (Wildman–Crippen MR) is 107 cm³/mol. The number of Topliss-reactive ketones (excluding diaryl/α,β-unsaturated/α-hetero) is 1. The first-order chi connectivity index (χ1) is 13.4. The highest BCUT2D eigenvalue weighted by molar-refractivity contribution is 7.89. The maximum absolute atomic E-state index is 12.8. The molecule has 0 amide bonds. The molecule has 1 saturated heterocycles. The molecule has 0 spiro atoms. The van der Waals surface area contributed by atoms with Crippen LogP contribution in [0.15, 0.2) is 47.4 Å². The molecule has 7 nitrogen and oxygen atoms in total. The molecule has 1 aliphatic rings. The molecule has 1 fully saturated rings. The molecule has 0 atom stereocenters. The molecule has 2 aromatic rings. The molecule has 1 heterocycles. The minimum atomic E-state index is -3.59. The van der Waals surface area contributed by atoms with Crippen molar-refractivity contribution in [2.75, 3.05) is 45.3 Å². The van der Waals surface area contributed by atoms with Crippen LogP contribution in [0.5, 0.6) is 5.75 Å². The topological polar surface area (TPSA) is 84.9 Å². The van der Waals surface area contributed by atoms with Crippen LogP contribution in [-0.2, 0) is 14.8 Å². The number of rotatable bonds is 7. The van der Waals surface area contributed by atoms with Crippen molar-refractivity contribution in [1.29, 1.82) is 0 Å². The maximum Gasteiger partial charge on any atom is 0.243 e. The lowest BCUT2D eigenvalue weighted by atomic mass is 10.1. The van der Waals surface area contributed by atoms with Gasteiger partial charge in [-0.25, -0.2) is 8.42 Å². The molecule has 150 valence electrons. The van der Waals surface area contributed by atoms with Crippen molar-refractivity contribution in [1.82, 2.24) is 4.31 Å². The third-order valence-corrected chi connectivity index (χ3v) is 6.56. The zero-order chi connectivity index (χ0) is 20.1. The minimum absolute atomic E-state index is 0.0637. The Balaban J connectivity index is 1.73. The molecule has 2 aromatic carbocycles. The van der Waals surface area contributed by atoms with E-state index in [0.29, 0.717) is 43.3 Å². The lowest BCUT2D eigenvalue weighted by molar-refractivity contribution is 0.0730. The van der Waals surface area contributed by atoms with Gasteiger partial charge in [-0.05, 0) is 48.9 Å². The van der Waals surface area contributed by atoms with Crippen LogP contribution in [0.25, 0.3) is 0 Å². The average Bonchev–Trinajstić information content (AvgIpc) is 2.73. The van der Waals surface area contributed by atoms with Crippen molar-refractivity contribution in [2.45, 2.75) is 11.8 Å². The fourth-order valence-corrected chi connectivity index (χ4v) is 4.38. The molecule has 1 N–H and O–H groups in total. The predicted octanol–water partition coefficient (Wildman–Crippen LogP) is 2.32. The van der Waals surface area contributed by atoms with Gasteiger partial charge >= 0.3 is 0 Å². The summed E-state index contributed by atoms with van der Waals surface area (Å²) in [4.78, 5) is 12.6. The largest absolute Gasteiger partial charge is 0.497 e. The van der Waals surface area contributed by atoms with Crippen LogP contribution in [-0.4, -0.2) is 58.5 Å². The summed E-state index contributed by atoms with van der Waals surface area (Å²) in [6.07, 6.45) is 0. The fourth-order valence-electron chi connectivity index (χ4n) is 2.94. The van der Waals surface area contributed by atoms with E-state index in [0.717, 1.165) is 5.56 Å². The van der Waals surface area contributed by atoms with Gasteiger partial charge in [-0.2, -0.15) is 4.31 Å². The minimum Gasteiger partial charge on any atom is -0.497 e. The summed E-state index contributed by atoms with van der Waals surface area (Å²) in [5.41, 5.74) is 2.04. The Labute approximate surface area is 165 Å². The highest BCUT2D eigenvalue weighted by Gasteiger charge is 2.26. The standard InChI is InChI=1S/C20H24N2O5S/c1-15-3-8-18(28(24,25)22-9-11-27-12-10-22)13-19(15)21-14-20(23)16-4-6-17(26-2)7-5-16/h3-8,13,21H,9-12,14H2,1-2H3. The Bertz CT molecular complexity index is 936. The van der Waals surface area contributed by atoms with Gasteiger partial charge < -0.3 is 14.8 Å². The SMILES string of the molecule is COc1ccc(C(=O)CNc2cc(S(=O)(=O)N3CCOCC3)ccc2C)cc1. The number of carbonyl (C=O) groups is 1. The summed E-state index contributed by atoms with van der Waals surface area (Å²) in [6.45, 7) is 3.41. The number of benzene rings is 2. The van der Waals surface area contributed by atoms with E-state index in [1.807, 2.05) is 6.92 Å². The van der Waals surface area contributed by atoms with Gasteiger partial charge in [0.2, 0.25) is 10.0 Å². The Morgan fingerprint density at radius 1 is 1.14 bits per heavy atom. The second kappa shape index (κ2) is 8.72. The number of morpholine rings is 1. The molecule has 3 rings (SSSR count). The first kappa shape index (κ1) is 20.3. The number of aryl methyl sites for hydroxylation is 1. The number of sulfonamides is 1. The summed E-state index contributed by atoms with van der Waals surface area (Å²) in [7, 11) is -2.02. The molecular weight excluding hydrogens is 380 g/mol. The smallest absolute Gasteiger partial charge is 0.243 e. The normalized spacial score (nSPS) is 15.2. The number of methoxy groups -OCH3 is 1. The van der Waals surface area contributed by atoms with Crippen LogP contribution in [0.1, 0.15) is 15.9 Å². The number of ketones is 1. The second-order valence-corrected chi connectivity index (χ2v) is 8.44. The number of ether oxygens (including phenoxy) is 2. The van der Waals surface area contributed by atoms with E-state index >= 15 is 0 Å². The first-order valence-corrected chi connectivity index (χ1v) is 10.5. The summed E-state index contributed by atoms with van der Waals surface area (Å²) in [5.74, 6) is 0.588. The quantitative estimate of drug-likeness (QED) is 0.713. The summed E-state index contributed by atoms with van der Waals surface area (Å²) in [6, 6.07) is 11.8. The maximum atomic E-state index is 12.8. The van der Waals surface area contributed by atoms with Crippen molar-refractivity contribution in [3.05, 3.63) is 53.6 Å². The van der Waals surface area contributed by atoms with Gasteiger partial charge in [0, 0.05) is 24.3 Å². The zero-order valence-electron chi connectivity index (χ0n) is 16.0. The van der Waals surface area contributed by atoms with Gasteiger partial charge in [-0.15, -0.1) is 0 Å². The molecule has 0 aliphatic carbocycles. The Hall–Kier alpha value is -2.42. The van der Waals surface area contributed by atoms with Crippen molar-refractivity contribution in [3.63, 3.8) is 0 Å². The number of anilines is 1. The summed E-state index contributed by atoms with van der Waals surface area (Å²) < 4.78 is 37.4. The number of hydrogen-bond donors (Lipinski definition) is 1. The molecule has 0 radical (unpaired) electrons. The molecule has 0 bridgehead atoms. The lowest BCUT2D eigenvalue weighted by Crippen LogP contribution is -2.40. The second-order valence-electron chi connectivity index (χ2n) is 6.50. The Morgan fingerprint density at radius 3 is 2.46 bits per heavy atom. The number of nitrogens with one attached hydrogen (secondary N) is 1. The highest BCUT2D eigenvalue weighted by Crippen LogP contribution is 2.24. The van der Waals surface area contributed by atoms with Gasteiger partial charge in [0.1, 0.15) is 5.75 Å². The third-order valence-electron chi connectivity index (χ3n) is 4.67. The molecule has 1 aliphatic heterocycles. The van der Waals surface area contributed by atoms with E-state index in [-0.39, 0.29) is 17.2 Å². The number of hydrogen-bond acceptors (Lipinski definition) is 6. The fraction of sp³-hybridized carbons (Fsp3) is 0.350. The number of carbonyl (C=O) groups excluding carboxylic acids is 1. The molecule has 0 saturated carbocycles. The van der Waals surface area contributed by atoms with Crippen LogP contribution in [0, 0.1) is 6.92 Å². The molecule has 0 unspecified atom stereocenters. The highest BCUT2D eigenvalue weighted by atomic mass is 32.2. The van der Waals surface area contributed by atoms with E-state index in [1.54, 1.807) is 49.6 Å². The lowest BCUT2D eigenvalue weighted by Gasteiger charge is -2.26. The van der Waals surface area contributed by atoms with Gasteiger partial charge in [0.15, 0.2) is 5.78 Å². The van der Waals surface area contributed by atoms with Crippen molar-refractivity contribution in [2.24, 2.45) is 0 Å². The molecule has 0 aromatic heterocycles. The number of nitrogens with zero attached hydrogens (tertiary/aromatic N) is 1. The van der Waals surface area contributed by atoms with Crippen LogP contribution in [0.3, 0.4) is 0 Å². The van der Waals surface area contributed by atoms with Crippen LogP contribution < -0.4 is 10.1 Å². The average molecular weight is 404 g/mol. The van der Waals surface area contributed by atoms with Crippen molar-refractivity contribution >= 4 is 21.5 Å². The van der Waals surface area contributed by atoms with Gasteiger partial charge in [-0.3, -0.25) is 4.79 Å². The molecule has 28 heavy (non-hydrogen) atoms. The van der Waals surface area contributed by atoms with E-state index in [4.69, 9.17) is 9.47 Å². The van der Waals surface area contributed by atoms with E-state index in [2.05, 4.69) is 5.32 Å².